The van der Waals surface area contributed by atoms with Gasteiger partial charge in [-0.15, -0.1) is 0 Å². The third-order valence-corrected chi connectivity index (χ3v) is 4.18. The van der Waals surface area contributed by atoms with E-state index >= 15 is 0 Å². The van der Waals surface area contributed by atoms with Gasteiger partial charge in [0.15, 0.2) is 5.54 Å². The number of anilines is 1. The van der Waals surface area contributed by atoms with Crippen molar-refractivity contribution >= 4 is 34.2 Å². The average Bonchev–Trinajstić information content (AvgIpc) is 2.49. The number of hydrogen-bond acceptors (Lipinski definition) is 3. The maximum atomic E-state index is 12.3. The molecular weight excluding hydrogens is 377 g/mol. The number of hydrogen-bond donors (Lipinski definition) is 1. The lowest BCUT2D eigenvalue weighted by Gasteiger charge is -2.29. The van der Waals surface area contributed by atoms with Gasteiger partial charge < -0.3 is 10.1 Å². The second kappa shape index (κ2) is 6.47. The van der Waals surface area contributed by atoms with E-state index in [2.05, 4.69) is 27.9 Å². The summed E-state index contributed by atoms with van der Waals surface area (Å²) >= 11 is 2.24. The summed E-state index contributed by atoms with van der Waals surface area (Å²) in [5.41, 5.74) is 2.01. The van der Waals surface area contributed by atoms with Gasteiger partial charge in [0.2, 0.25) is 0 Å². The maximum absolute atomic E-state index is 12.3. The number of halogens is 1. The van der Waals surface area contributed by atoms with E-state index in [0.717, 1.165) is 14.8 Å². The van der Waals surface area contributed by atoms with Crippen LogP contribution in [0.25, 0.3) is 0 Å². The van der Waals surface area contributed by atoms with E-state index in [1.165, 1.54) is 12.7 Å². The van der Waals surface area contributed by atoms with Gasteiger partial charge in [-0.3, -0.25) is 0 Å². The normalized spacial score (nSPS) is 13.3. The minimum atomic E-state index is -0.922. The Bertz CT molecular complexity index is 622. The van der Waals surface area contributed by atoms with Crippen LogP contribution in [0.3, 0.4) is 0 Å². The van der Waals surface area contributed by atoms with Crippen molar-refractivity contribution in [2.24, 2.45) is 0 Å². The molecule has 1 N–H and O–H groups in total. The zero-order chi connectivity index (χ0) is 15.5. The van der Waals surface area contributed by atoms with Crippen molar-refractivity contribution in [3.8, 4) is 0 Å². The molecule has 0 spiro atoms. The zero-order valence-corrected chi connectivity index (χ0v) is 14.5. The molecule has 0 aliphatic carbocycles. The molecule has 4 heteroatoms. The average molecular weight is 395 g/mol. The van der Waals surface area contributed by atoms with Crippen molar-refractivity contribution in [1.82, 2.24) is 0 Å². The van der Waals surface area contributed by atoms with Crippen molar-refractivity contribution in [2.45, 2.75) is 19.4 Å². The fourth-order valence-corrected chi connectivity index (χ4v) is 2.51. The van der Waals surface area contributed by atoms with Crippen LogP contribution in [0.15, 0.2) is 48.5 Å². The maximum Gasteiger partial charge on any atom is 0.335 e. The van der Waals surface area contributed by atoms with Gasteiger partial charge in [-0.25, -0.2) is 4.79 Å². The quantitative estimate of drug-likeness (QED) is 0.626. The molecule has 2 aromatic rings. The number of aryl methyl sites for hydroxylation is 1. The van der Waals surface area contributed by atoms with Crippen LogP contribution in [0.5, 0.6) is 0 Å². The first-order chi connectivity index (χ1) is 9.95. The first-order valence-corrected chi connectivity index (χ1v) is 7.73. The van der Waals surface area contributed by atoms with Gasteiger partial charge in [0.25, 0.3) is 0 Å². The number of methoxy groups -OCH3 is 1. The summed E-state index contributed by atoms with van der Waals surface area (Å²) in [6.45, 7) is 3.86. The standard InChI is InChI=1S/C17H18INO2/c1-12-4-10-15(11-5-12)19-17(2,16(20)21-3)13-6-8-14(18)9-7-13/h4-11,19H,1-3H3. The fraction of sp³-hybridized carbons (Fsp3) is 0.235. The predicted molar refractivity (Wildman–Crippen MR) is 93.3 cm³/mol. The predicted octanol–water partition coefficient (Wildman–Crippen LogP) is 4.10. The van der Waals surface area contributed by atoms with Crippen LogP contribution in [-0.4, -0.2) is 13.1 Å². The molecule has 2 rings (SSSR count). The summed E-state index contributed by atoms with van der Waals surface area (Å²) < 4.78 is 6.12. The second-order valence-electron chi connectivity index (χ2n) is 5.11. The van der Waals surface area contributed by atoms with Gasteiger partial charge >= 0.3 is 5.97 Å². The third-order valence-electron chi connectivity index (χ3n) is 3.46. The van der Waals surface area contributed by atoms with Crippen LogP contribution < -0.4 is 5.32 Å². The Morgan fingerprint density at radius 1 is 1.10 bits per heavy atom. The summed E-state index contributed by atoms with van der Waals surface area (Å²) in [6, 6.07) is 15.8. The first-order valence-electron chi connectivity index (χ1n) is 6.65. The van der Waals surface area contributed by atoms with Crippen LogP contribution in [0.2, 0.25) is 0 Å². The molecule has 1 unspecified atom stereocenters. The number of esters is 1. The number of benzene rings is 2. The summed E-state index contributed by atoms with van der Waals surface area (Å²) in [5.74, 6) is -0.315. The Hall–Kier alpha value is -1.56. The van der Waals surface area contributed by atoms with Crippen LogP contribution >= 0.6 is 22.6 Å². The lowest BCUT2D eigenvalue weighted by molar-refractivity contribution is -0.145. The van der Waals surface area contributed by atoms with Gasteiger partial charge in [-0.1, -0.05) is 29.8 Å². The number of nitrogens with one attached hydrogen (secondary N) is 1. The van der Waals surface area contributed by atoms with Crippen LogP contribution in [0, 0.1) is 10.5 Å². The molecule has 0 radical (unpaired) electrons. The minimum Gasteiger partial charge on any atom is -0.467 e. The van der Waals surface area contributed by atoms with Crippen molar-refractivity contribution in [3.05, 3.63) is 63.2 Å². The third kappa shape index (κ3) is 3.56. The van der Waals surface area contributed by atoms with Crippen molar-refractivity contribution in [1.29, 1.82) is 0 Å². The molecule has 110 valence electrons. The first kappa shape index (κ1) is 15.8. The lowest BCUT2D eigenvalue weighted by Crippen LogP contribution is -2.41. The van der Waals surface area contributed by atoms with E-state index in [4.69, 9.17) is 4.74 Å². The van der Waals surface area contributed by atoms with Gasteiger partial charge in [-0.05, 0) is 66.3 Å². The van der Waals surface area contributed by atoms with Gasteiger partial charge in [0, 0.05) is 9.26 Å². The molecule has 0 aliphatic heterocycles. The number of rotatable bonds is 4. The fourth-order valence-electron chi connectivity index (χ4n) is 2.15. The van der Waals surface area contributed by atoms with Crippen molar-refractivity contribution in [3.63, 3.8) is 0 Å². The molecule has 0 amide bonds. The van der Waals surface area contributed by atoms with E-state index in [0.29, 0.717) is 0 Å². The monoisotopic (exact) mass is 395 g/mol. The Balaban J connectivity index is 2.39. The Kier molecular flexibility index (Phi) is 4.88. The molecule has 0 aromatic heterocycles. The minimum absolute atomic E-state index is 0.315. The van der Waals surface area contributed by atoms with Crippen molar-refractivity contribution < 1.29 is 9.53 Å². The summed E-state index contributed by atoms with van der Waals surface area (Å²) in [4.78, 5) is 12.3. The largest absolute Gasteiger partial charge is 0.467 e. The van der Waals surface area contributed by atoms with Crippen LogP contribution in [0.1, 0.15) is 18.1 Å². The van der Waals surface area contributed by atoms with Gasteiger partial charge in [-0.2, -0.15) is 0 Å². The molecule has 0 saturated heterocycles. The van der Waals surface area contributed by atoms with Crippen molar-refractivity contribution in [2.75, 3.05) is 12.4 Å². The molecule has 21 heavy (non-hydrogen) atoms. The number of carbonyl (C=O) groups is 1. The summed E-state index contributed by atoms with van der Waals surface area (Å²) in [7, 11) is 1.41. The smallest absolute Gasteiger partial charge is 0.335 e. The highest BCUT2D eigenvalue weighted by Crippen LogP contribution is 2.28. The van der Waals surface area contributed by atoms with Gasteiger partial charge in [0.1, 0.15) is 0 Å². The SMILES string of the molecule is COC(=O)C(C)(Nc1ccc(C)cc1)c1ccc(I)cc1. The molecular formula is C17H18INO2. The Morgan fingerprint density at radius 3 is 2.19 bits per heavy atom. The molecule has 0 fully saturated rings. The Labute approximate surface area is 138 Å². The molecule has 1 atom stereocenters. The molecule has 3 nitrogen and oxygen atoms in total. The molecule has 0 bridgehead atoms. The second-order valence-corrected chi connectivity index (χ2v) is 6.36. The highest BCUT2D eigenvalue weighted by molar-refractivity contribution is 14.1. The molecule has 0 heterocycles. The van der Waals surface area contributed by atoms with E-state index in [1.807, 2.05) is 62.4 Å². The van der Waals surface area contributed by atoms with E-state index in [-0.39, 0.29) is 5.97 Å². The van der Waals surface area contributed by atoms with E-state index < -0.39 is 5.54 Å². The molecule has 2 aromatic carbocycles. The summed E-state index contributed by atoms with van der Waals surface area (Å²) in [6.07, 6.45) is 0. The van der Waals surface area contributed by atoms with E-state index in [1.54, 1.807) is 0 Å². The molecule has 0 aliphatic rings. The van der Waals surface area contributed by atoms with Crippen LogP contribution in [0.4, 0.5) is 5.69 Å². The highest BCUT2D eigenvalue weighted by atomic mass is 127. The Morgan fingerprint density at radius 2 is 1.67 bits per heavy atom. The zero-order valence-electron chi connectivity index (χ0n) is 12.3. The van der Waals surface area contributed by atoms with E-state index in [9.17, 15) is 4.79 Å². The number of ether oxygens (including phenoxy) is 1. The lowest BCUT2D eigenvalue weighted by atomic mass is 9.91. The van der Waals surface area contributed by atoms with Gasteiger partial charge in [0.05, 0.1) is 7.11 Å². The topological polar surface area (TPSA) is 38.3 Å². The molecule has 0 saturated carbocycles. The highest BCUT2D eigenvalue weighted by Gasteiger charge is 2.36. The van der Waals surface area contributed by atoms with Crippen LogP contribution in [-0.2, 0) is 15.1 Å². The number of carbonyl (C=O) groups excluding carboxylic acids is 1. The summed E-state index contributed by atoms with van der Waals surface area (Å²) in [5, 5.41) is 3.29.